The Hall–Kier alpha value is -2.74. The lowest BCUT2D eigenvalue weighted by atomic mass is 10.0. The van der Waals surface area contributed by atoms with Crippen molar-refractivity contribution < 1.29 is 4.79 Å². The molecule has 1 heterocycles. The molecule has 0 amide bonds. The molecule has 0 aliphatic rings. The summed E-state index contributed by atoms with van der Waals surface area (Å²) in [6.07, 6.45) is 1.52. The summed E-state index contributed by atoms with van der Waals surface area (Å²) < 4.78 is 0. The van der Waals surface area contributed by atoms with Crippen molar-refractivity contribution in [2.24, 2.45) is 0 Å². The maximum absolute atomic E-state index is 12.4. The van der Waals surface area contributed by atoms with E-state index >= 15 is 0 Å². The van der Waals surface area contributed by atoms with Crippen LogP contribution in [-0.4, -0.2) is 10.8 Å². The Kier molecular flexibility index (Phi) is 4.85. The molecule has 2 aromatic carbocycles. The summed E-state index contributed by atoms with van der Waals surface area (Å²) in [6, 6.07) is 18.1. The van der Waals surface area contributed by atoms with Crippen molar-refractivity contribution in [3.63, 3.8) is 0 Å². The van der Waals surface area contributed by atoms with Crippen LogP contribution in [0.5, 0.6) is 0 Å². The minimum Gasteiger partial charge on any atom is -0.288 e. The van der Waals surface area contributed by atoms with Gasteiger partial charge in [0.1, 0.15) is 16.6 Å². The van der Waals surface area contributed by atoms with Gasteiger partial charge in [0.05, 0.1) is 5.69 Å². The van der Waals surface area contributed by atoms with Gasteiger partial charge in [-0.2, -0.15) is 5.26 Å². The van der Waals surface area contributed by atoms with E-state index in [0.717, 1.165) is 10.6 Å². The van der Waals surface area contributed by atoms with Gasteiger partial charge >= 0.3 is 0 Å². The molecule has 0 spiro atoms. The molecular formula is C19H11ClN2OS. The number of ketones is 1. The Labute approximate surface area is 148 Å². The minimum absolute atomic E-state index is 0.0640. The van der Waals surface area contributed by atoms with Crippen LogP contribution in [0.3, 0.4) is 0 Å². The highest BCUT2D eigenvalue weighted by Gasteiger charge is 2.12. The van der Waals surface area contributed by atoms with E-state index in [-0.39, 0.29) is 11.4 Å². The molecule has 0 saturated carbocycles. The van der Waals surface area contributed by atoms with Crippen molar-refractivity contribution in [2.45, 2.75) is 0 Å². The highest BCUT2D eigenvalue weighted by molar-refractivity contribution is 7.13. The molecule has 1 aromatic heterocycles. The fraction of sp³-hybridized carbons (Fsp3) is 0. The summed E-state index contributed by atoms with van der Waals surface area (Å²) in [4.78, 5) is 16.8. The zero-order chi connectivity index (χ0) is 16.9. The lowest BCUT2D eigenvalue weighted by molar-refractivity contribution is 0.104. The molecule has 0 aliphatic carbocycles. The number of allylic oxidation sites excluding steroid dienone is 1. The van der Waals surface area contributed by atoms with E-state index in [2.05, 4.69) is 4.98 Å². The lowest BCUT2D eigenvalue weighted by Crippen LogP contribution is -2.01. The summed E-state index contributed by atoms with van der Waals surface area (Å²) >= 11 is 7.33. The van der Waals surface area contributed by atoms with Gasteiger partial charge in [0.15, 0.2) is 0 Å². The number of nitrogens with zero attached hydrogens (tertiary/aromatic N) is 2. The Morgan fingerprint density at radius 2 is 1.83 bits per heavy atom. The van der Waals surface area contributed by atoms with E-state index in [1.807, 2.05) is 29.6 Å². The molecule has 0 N–H and O–H groups in total. The first-order chi connectivity index (χ1) is 11.7. The second-order valence-corrected chi connectivity index (χ2v) is 6.24. The highest BCUT2D eigenvalue weighted by atomic mass is 35.5. The van der Waals surface area contributed by atoms with Crippen LogP contribution in [0.15, 0.2) is 65.6 Å². The van der Waals surface area contributed by atoms with Crippen LogP contribution in [0, 0.1) is 11.3 Å². The Balaban J connectivity index is 1.89. The van der Waals surface area contributed by atoms with Crippen LogP contribution in [0.2, 0.25) is 5.02 Å². The fourth-order valence-electron chi connectivity index (χ4n) is 2.12. The van der Waals surface area contributed by atoms with E-state index in [9.17, 15) is 10.1 Å². The van der Waals surface area contributed by atoms with Gasteiger partial charge < -0.3 is 0 Å². The fourth-order valence-corrected chi connectivity index (χ4v) is 3.03. The lowest BCUT2D eigenvalue weighted by Gasteiger charge is -1.98. The van der Waals surface area contributed by atoms with Crippen LogP contribution in [0.1, 0.15) is 16.1 Å². The monoisotopic (exact) mass is 350 g/mol. The number of rotatable bonds is 4. The zero-order valence-corrected chi connectivity index (χ0v) is 14.0. The quantitative estimate of drug-likeness (QED) is 0.366. The van der Waals surface area contributed by atoms with Gasteiger partial charge in [-0.3, -0.25) is 4.79 Å². The van der Waals surface area contributed by atoms with E-state index in [1.54, 1.807) is 36.4 Å². The van der Waals surface area contributed by atoms with Crippen LogP contribution in [-0.2, 0) is 0 Å². The number of hydrogen-bond acceptors (Lipinski definition) is 4. The van der Waals surface area contributed by atoms with Crippen molar-refractivity contribution >= 4 is 34.8 Å². The van der Waals surface area contributed by atoms with Gasteiger partial charge in [0.25, 0.3) is 0 Å². The molecule has 3 aromatic rings. The van der Waals surface area contributed by atoms with Crippen LogP contribution >= 0.6 is 22.9 Å². The first kappa shape index (κ1) is 16.1. The summed E-state index contributed by atoms with van der Waals surface area (Å²) in [5.41, 5.74) is 2.08. The largest absolute Gasteiger partial charge is 0.288 e. The van der Waals surface area contributed by atoms with Crippen molar-refractivity contribution in [3.8, 4) is 16.6 Å². The van der Waals surface area contributed by atoms with Crippen LogP contribution in [0.4, 0.5) is 0 Å². The highest BCUT2D eigenvalue weighted by Crippen LogP contribution is 2.26. The molecule has 3 nitrogen and oxygen atoms in total. The van der Waals surface area contributed by atoms with Crippen molar-refractivity contribution in [3.05, 3.63) is 81.8 Å². The standard InChI is InChI=1S/C19H11ClN2OS/c20-16-8-6-14(7-9-16)19-22-17(12-24-19)10-15(11-21)18(23)13-4-2-1-3-5-13/h1-10,12H/b15-10+. The Bertz CT molecular complexity index is 938. The smallest absolute Gasteiger partial charge is 0.203 e. The number of thiazole rings is 1. The van der Waals surface area contributed by atoms with Gasteiger partial charge in [-0.1, -0.05) is 54.1 Å². The minimum atomic E-state index is -0.306. The number of Topliss-reactive ketones (excluding diaryl/α,β-unsaturated/α-hetero) is 1. The van der Waals surface area contributed by atoms with Crippen molar-refractivity contribution in [1.82, 2.24) is 4.98 Å². The summed E-state index contributed by atoms with van der Waals surface area (Å²) in [6.45, 7) is 0. The molecular weight excluding hydrogens is 340 g/mol. The summed E-state index contributed by atoms with van der Waals surface area (Å²) in [5, 5.41) is 12.6. The van der Waals surface area contributed by atoms with E-state index < -0.39 is 0 Å². The molecule has 3 rings (SSSR count). The Morgan fingerprint density at radius 3 is 2.50 bits per heavy atom. The van der Waals surface area contributed by atoms with E-state index in [0.29, 0.717) is 16.3 Å². The van der Waals surface area contributed by atoms with E-state index in [4.69, 9.17) is 11.6 Å². The first-order valence-corrected chi connectivity index (χ1v) is 8.36. The Morgan fingerprint density at radius 1 is 1.12 bits per heavy atom. The summed E-state index contributed by atoms with van der Waals surface area (Å²) in [7, 11) is 0. The molecule has 0 radical (unpaired) electrons. The maximum Gasteiger partial charge on any atom is 0.203 e. The zero-order valence-electron chi connectivity index (χ0n) is 12.4. The van der Waals surface area contributed by atoms with Crippen molar-refractivity contribution in [1.29, 1.82) is 5.26 Å². The average molecular weight is 351 g/mol. The van der Waals surface area contributed by atoms with Gasteiger partial charge in [-0.25, -0.2) is 4.98 Å². The number of hydrogen-bond donors (Lipinski definition) is 0. The topological polar surface area (TPSA) is 53.8 Å². The van der Waals surface area contributed by atoms with Gasteiger partial charge in [0.2, 0.25) is 5.78 Å². The van der Waals surface area contributed by atoms with E-state index in [1.165, 1.54) is 17.4 Å². The second kappa shape index (κ2) is 7.22. The third kappa shape index (κ3) is 3.60. The number of carbonyl (C=O) groups excluding carboxylic acids is 1. The van der Waals surface area contributed by atoms with Crippen LogP contribution in [0.25, 0.3) is 16.6 Å². The summed E-state index contributed by atoms with van der Waals surface area (Å²) in [5.74, 6) is -0.306. The molecule has 0 unspecified atom stereocenters. The predicted molar refractivity (Wildman–Crippen MR) is 96.9 cm³/mol. The number of aromatic nitrogens is 1. The van der Waals surface area contributed by atoms with Gasteiger partial charge in [0, 0.05) is 21.5 Å². The van der Waals surface area contributed by atoms with Gasteiger partial charge in [-0.15, -0.1) is 11.3 Å². The second-order valence-electron chi connectivity index (χ2n) is 4.95. The number of nitriles is 1. The normalized spacial score (nSPS) is 11.1. The molecule has 24 heavy (non-hydrogen) atoms. The third-order valence-electron chi connectivity index (χ3n) is 3.31. The average Bonchev–Trinajstić information content (AvgIpc) is 3.09. The number of carbonyl (C=O) groups is 1. The molecule has 0 aliphatic heterocycles. The SMILES string of the molecule is N#C/C(=C\c1csc(-c2ccc(Cl)cc2)n1)C(=O)c1ccccc1. The first-order valence-electron chi connectivity index (χ1n) is 7.10. The molecule has 0 saturated heterocycles. The molecule has 5 heteroatoms. The number of benzene rings is 2. The molecule has 0 bridgehead atoms. The number of halogens is 1. The molecule has 0 atom stereocenters. The van der Waals surface area contributed by atoms with Crippen LogP contribution < -0.4 is 0 Å². The third-order valence-corrected chi connectivity index (χ3v) is 4.47. The predicted octanol–water partition coefficient (Wildman–Crippen LogP) is 5.25. The van der Waals surface area contributed by atoms with Crippen molar-refractivity contribution in [2.75, 3.05) is 0 Å². The van der Waals surface area contributed by atoms with Gasteiger partial charge in [-0.05, 0) is 18.2 Å². The molecule has 116 valence electrons. The maximum atomic E-state index is 12.4. The molecule has 0 fully saturated rings.